The maximum absolute atomic E-state index is 10.5. The average Bonchev–Trinajstić information content (AvgIpc) is 2.67. The van der Waals surface area contributed by atoms with Gasteiger partial charge in [-0.15, -0.1) is 0 Å². The van der Waals surface area contributed by atoms with Crippen molar-refractivity contribution in [3.63, 3.8) is 0 Å². The number of carbonyl (C=O) groups is 1. The van der Waals surface area contributed by atoms with Crippen LogP contribution in [0.2, 0.25) is 0 Å². The first-order valence-electron chi connectivity index (χ1n) is 5.42. The van der Waals surface area contributed by atoms with Gasteiger partial charge in [-0.1, -0.05) is 19.3 Å². The fraction of sp³-hybridized carbons (Fsp3) is 0.636. The average molecular weight is 209 g/mol. The molecule has 1 aromatic rings. The first kappa shape index (κ1) is 10.2. The van der Waals surface area contributed by atoms with Crippen LogP contribution in [0.4, 0.5) is 0 Å². The van der Waals surface area contributed by atoms with Crippen molar-refractivity contribution < 1.29 is 14.3 Å². The summed E-state index contributed by atoms with van der Waals surface area (Å²) >= 11 is 0. The third-order valence-electron chi connectivity index (χ3n) is 2.85. The molecule has 1 aromatic heterocycles. The van der Waals surface area contributed by atoms with E-state index in [2.05, 4.69) is 4.98 Å². The van der Waals surface area contributed by atoms with Crippen LogP contribution in [0.5, 0.6) is 0 Å². The molecule has 1 fully saturated rings. The van der Waals surface area contributed by atoms with E-state index in [0.29, 0.717) is 11.7 Å². The molecule has 0 atom stereocenters. The molecule has 0 saturated heterocycles. The molecule has 0 amide bonds. The van der Waals surface area contributed by atoms with Gasteiger partial charge in [0.25, 0.3) is 0 Å². The van der Waals surface area contributed by atoms with Gasteiger partial charge < -0.3 is 9.52 Å². The van der Waals surface area contributed by atoms with Crippen LogP contribution in [-0.2, 0) is 11.2 Å². The predicted octanol–water partition coefficient (Wildman–Crippen LogP) is 2.35. The van der Waals surface area contributed by atoms with Gasteiger partial charge in [0, 0.05) is 5.92 Å². The van der Waals surface area contributed by atoms with Crippen LogP contribution >= 0.6 is 0 Å². The smallest absolute Gasteiger partial charge is 0.311 e. The number of aromatic nitrogens is 1. The molecule has 4 heteroatoms. The van der Waals surface area contributed by atoms with Crippen molar-refractivity contribution >= 4 is 5.97 Å². The number of oxazole rings is 1. The zero-order valence-corrected chi connectivity index (χ0v) is 8.61. The van der Waals surface area contributed by atoms with Crippen LogP contribution in [0.3, 0.4) is 0 Å². The van der Waals surface area contributed by atoms with Crippen molar-refractivity contribution in [2.75, 3.05) is 0 Å². The van der Waals surface area contributed by atoms with Crippen molar-refractivity contribution in [1.82, 2.24) is 4.98 Å². The van der Waals surface area contributed by atoms with Crippen LogP contribution < -0.4 is 0 Å². The molecular weight excluding hydrogens is 194 g/mol. The predicted molar refractivity (Wildman–Crippen MR) is 53.7 cm³/mol. The minimum atomic E-state index is -0.874. The van der Waals surface area contributed by atoms with E-state index in [1.165, 1.54) is 25.5 Å². The van der Waals surface area contributed by atoms with Gasteiger partial charge in [0.05, 0.1) is 6.20 Å². The Morgan fingerprint density at radius 2 is 2.20 bits per heavy atom. The van der Waals surface area contributed by atoms with E-state index in [1.807, 2.05) is 0 Å². The molecule has 82 valence electrons. The van der Waals surface area contributed by atoms with Crippen molar-refractivity contribution in [3.05, 3.63) is 17.8 Å². The van der Waals surface area contributed by atoms with E-state index in [1.54, 1.807) is 0 Å². The van der Waals surface area contributed by atoms with Gasteiger partial charge in [-0.25, -0.2) is 4.98 Å². The third kappa shape index (κ3) is 2.58. The number of nitrogens with zero attached hydrogens (tertiary/aromatic N) is 1. The van der Waals surface area contributed by atoms with Crippen LogP contribution in [0.15, 0.2) is 10.6 Å². The van der Waals surface area contributed by atoms with Gasteiger partial charge in [0.1, 0.15) is 12.2 Å². The Morgan fingerprint density at radius 1 is 1.47 bits per heavy atom. The van der Waals surface area contributed by atoms with Crippen molar-refractivity contribution in [2.24, 2.45) is 0 Å². The highest BCUT2D eigenvalue weighted by Crippen LogP contribution is 2.32. The Bertz CT molecular complexity index is 339. The van der Waals surface area contributed by atoms with Crippen molar-refractivity contribution in [2.45, 2.75) is 44.4 Å². The lowest BCUT2D eigenvalue weighted by atomic mass is 9.89. The molecule has 0 aliphatic heterocycles. The van der Waals surface area contributed by atoms with Gasteiger partial charge >= 0.3 is 5.97 Å². The van der Waals surface area contributed by atoms with Gasteiger partial charge in [-0.2, -0.15) is 0 Å². The molecule has 0 aromatic carbocycles. The molecular formula is C11H15NO3. The molecule has 15 heavy (non-hydrogen) atoms. The first-order chi connectivity index (χ1) is 7.25. The van der Waals surface area contributed by atoms with E-state index >= 15 is 0 Å². The van der Waals surface area contributed by atoms with E-state index in [0.717, 1.165) is 18.7 Å². The Hall–Kier alpha value is -1.32. The summed E-state index contributed by atoms with van der Waals surface area (Å²) in [5.41, 5.74) is 0. The summed E-state index contributed by atoms with van der Waals surface area (Å²) in [5, 5.41) is 8.60. The zero-order valence-electron chi connectivity index (χ0n) is 8.61. The second kappa shape index (κ2) is 4.47. The van der Waals surface area contributed by atoms with E-state index < -0.39 is 5.97 Å². The third-order valence-corrected chi connectivity index (χ3v) is 2.85. The molecule has 2 rings (SSSR count). The fourth-order valence-electron chi connectivity index (χ4n) is 2.09. The van der Waals surface area contributed by atoms with Crippen LogP contribution in [-0.4, -0.2) is 16.1 Å². The quantitative estimate of drug-likeness (QED) is 0.829. The standard InChI is InChI=1S/C11H15NO3/c13-10(14)6-9-7-12-11(15-9)8-4-2-1-3-5-8/h7-8H,1-6H2,(H,13,14). The molecule has 4 nitrogen and oxygen atoms in total. The van der Waals surface area contributed by atoms with Crippen LogP contribution in [0.1, 0.15) is 49.7 Å². The summed E-state index contributed by atoms with van der Waals surface area (Å²) < 4.78 is 5.44. The topological polar surface area (TPSA) is 63.3 Å². The lowest BCUT2D eigenvalue weighted by Crippen LogP contribution is -2.04. The highest BCUT2D eigenvalue weighted by Gasteiger charge is 2.20. The molecule has 1 aliphatic rings. The van der Waals surface area contributed by atoms with Crippen molar-refractivity contribution in [3.8, 4) is 0 Å². The number of hydrogen-bond acceptors (Lipinski definition) is 3. The fourth-order valence-corrected chi connectivity index (χ4v) is 2.09. The largest absolute Gasteiger partial charge is 0.481 e. The second-order valence-corrected chi connectivity index (χ2v) is 4.07. The Balaban J connectivity index is 2.02. The number of hydrogen-bond donors (Lipinski definition) is 1. The van der Waals surface area contributed by atoms with Gasteiger partial charge in [-0.05, 0) is 12.8 Å². The summed E-state index contributed by atoms with van der Waals surface area (Å²) in [6, 6.07) is 0. The molecule has 0 bridgehead atoms. The number of carboxylic acids is 1. The Labute approximate surface area is 88.3 Å². The van der Waals surface area contributed by atoms with Gasteiger partial charge in [-0.3, -0.25) is 4.79 Å². The summed E-state index contributed by atoms with van der Waals surface area (Å²) in [7, 11) is 0. The number of carboxylic acid groups (broad SMARTS) is 1. The van der Waals surface area contributed by atoms with Crippen molar-refractivity contribution in [1.29, 1.82) is 0 Å². The van der Waals surface area contributed by atoms with E-state index in [-0.39, 0.29) is 6.42 Å². The van der Waals surface area contributed by atoms with Crippen LogP contribution in [0.25, 0.3) is 0 Å². The SMILES string of the molecule is O=C(O)Cc1cnc(C2CCCCC2)o1. The lowest BCUT2D eigenvalue weighted by Gasteiger charge is -2.17. The second-order valence-electron chi connectivity index (χ2n) is 4.07. The molecule has 0 unspecified atom stereocenters. The molecule has 0 radical (unpaired) electrons. The molecule has 0 spiro atoms. The minimum Gasteiger partial charge on any atom is -0.481 e. The molecule has 1 aliphatic carbocycles. The van der Waals surface area contributed by atoms with Gasteiger partial charge in [0.2, 0.25) is 0 Å². The summed E-state index contributed by atoms with van der Waals surface area (Å²) in [6.45, 7) is 0. The highest BCUT2D eigenvalue weighted by molar-refractivity contribution is 5.69. The maximum Gasteiger partial charge on any atom is 0.311 e. The minimum absolute atomic E-state index is 0.0697. The zero-order chi connectivity index (χ0) is 10.7. The summed E-state index contributed by atoms with van der Waals surface area (Å²) in [6.07, 6.45) is 7.44. The van der Waals surface area contributed by atoms with E-state index in [9.17, 15) is 4.79 Å². The Kier molecular flexibility index (Phi) is 3.04. The number of rotatable bonds is 3. The summed E-state index contributed by atoms with van der Waals surface area (Å²) in [5.74, 6) is 0.719. The molecule has 1 saturated carbocycles. The lowest BCUT2D eigenvalue weighted by molar-refractivity contribution is -0.136. The normalized spacial score (nSPS) is 17.9. The molecule has 1 heterocycles. The van der Waals surface area contributed by atoms with Crippen LogP contribution in [0, 0.1) is 0 Å². The first-order valence-corrected chi connectivity index (χ1v) is 5.42. The van der Waals surface area contributed by atoms with Gasteiger partial charge in [0.15, 0.2) is 5.89 Å². The van der Waals surface area contributed by atoms with E-state index in [4.69, 9.17) is 9.52 Å². The summed E-state index contributed by atoms with van der Waals surface area (Å²) in [4.78, 5) is 14.6. The molecule has 1 N–H and O–H groups in total. The monoisotopic (exact) mass is 209 g/mol. The number of aliphatic carboxylic acids is 1. The Morgan fingerprint density at radius 3 is 2.87 bits per heavy atom. The maximum atomic E-state index is 10.5. The highest BCUT2D eigenvalue weighted by atomic mass is 16.4.